The molecule has 152 valence electrons. The largest absolute Gasteiger partial charge is 0.496 e. The van der Waals surface area contributed by atoms with Crippen LogP contribution in [0.3, 0.4) is 0 Å². The summed E-state index contributed by atoms with van der Waals surface area (Å²) in [7, 11) is -1.76. The van der Waals surface area contributed by atoms with E-state index < -0.39 is 10.0 Å². The van der Waals surface area contributed by atoms with Gasteiger partial charge in [-0.05, 0) is 18.6 Å². The van der Waals surface area contributed by atoms with E-state index in [2.05, 4.69) is 20.3 Å². The Morgan fingerprint density at radius 1 is 1.04 bits per heavy atom. The zero-order valence-electron chi connectivity index (χ0n) is 16.3. The molecule has 0 amide bonds. The summed E-state index contributed by atoms with van der Waals surface area (Å²) in [5, 5.41) is 6.18. The zero-order valence-corrected chi connectivity index (χ0v) is 17.1. The van der Waals surface area contributed by atoms with Gasteiger partial charge in [-0.1, -0.05) is 48.5 Å². The lowest BCUT2D eigenvalue weighted by Gasteiger charge is -2.13. The molecule has 0 saturated carbocycles. The van der Waals surface area contributed by atoms with Gasteiger partial charge in [0.05, 0.1) is 19.4 Å². The highest BCUT2D eigenvalue weighted by molar-refractivity contribution is 7.89. The van der Waals surface area contributed by atoms with E-state index in [9.17, 15) is 8.42 Å². The molecule has 0 heterocycles. The Hall–Kier alpha value is -2.58. The molecule has 0 aliphatic heterocycles. The summed E-state index contributed by atoms with van der Waals surface area (Å²) in [6.45, 7) is 3.60. The van der Waals surface area contributed by atoms with Gasteiger partial charge in [-0.2, -0.15) is 0 Å². The number of nitrogens with one attached hydrogen (secondary N) is 3. The summed E-state index contributed by atoms with van der Waals surface area (Å²) in [6, 6.07) is 17.1. The average Bonchev–Trinajstić information content (AvgIpc) is 2.71. The van der Waals surface area contributed by atoms with Crippen molar-refractivity contribution in [1.82, 2.24) is 15.4 Å². The fourth-order valence-corrected chi connectivity index (χ4v) is 3.41. The van der Waals surface area contributed by atoms with E-state index in [4.69, 9.17) is 4.74 Å². The number of benzene rings is 2. The minimum Gasteiger partial charge on any atom is -0.496 e. The summed E-state index contributed by atoms with van der Waals surface area (Å²) < 4.78 is 32.3. The third-order valence-electron chi connectivity index (χ3n) is 3.95. The third kappa shape index (κ3) is 7.58. The van der Waals surface area contributed by atoms with Gasteiger partial charge in [0.25, 0.3) is 0 Å². The van der Waals surface area contributed by atoms with Crippen LogP contribution >= 0.6 is 0 Å². The Bertz CT molecular complexity index is 855. The topological polar surface area (TPSA) is 91.8 Å². The van der Waals surface area contributed by atoms with Gasteiger partial charge in [0.2, 0.25) is 10.0 Å². The first-order valence-electron chi connectivity index (χ1n) is 9.19. The predicted octanol–water partition coefficient (Wildman–Crippen LogP) is 1.87. The molecule has 0 aromatic heterocycles. The Morgan fingerprint density at radius 2 is 1.75 bits per heavy atom. The number of hydrogen-bond donors (Lipinski definition) is 3. The normalized spacial score (nSPS) is 11.9. The monoisotopic (exact) mass is 404 g/mol. The molecule has 28 heavy (non-hydrogen) atoms. The van der Waals surface area contributed by atoms with E-state index in [-0.39, 0.29) is 18.8 Å². The van der Waals surface area contributed by atoms with Crippen LogP contribution in [0.5, 0.6) is 5.75 Å². The van der Waals surface area contributed by atoms with E-state index in [0.717, 1.165) is 16.9 Å². The number of guanidine groups is 1. The van der Waals surface area contributed by atoms with Crippen LogP contribution < -0.4 is 20.1 Å². The first-order chi connectivity index (χ1) is 13.5. The molecule has 0 saturated heterocycles. The Morgan fingerprint density at radius 3 is 2.46 bits per heavy atom. The molecular formula is C20H28N4O3S. The van der Waals surface area contributed by atoms with Gasteiger partial charge in [-0.25, -0.2) is 18.1 Å². The molecular weight excluding hydrogens is 376 g/mol. The molecule has 0 aliphatic carbocycles. The maximum absolute atomic E-state index is 12.2. The fourth-order valence-electron chi connectivity index (χ4n) is 2.50. The zero-order chi connectivity index (χ0) is 20.2. The number of para-hydroxylation sites is 1. The van der Waals surface area contributed by atoms with Crippen LogP contribution in [0.4, 0.5) is 0 Å². The summed E-state index contributed by atoms with van der Waals surface area (Å²) in [5.74, 6) is 1.29. The molecule has 8 heteroatoms. The highest BCUT2D eigenvalue weighted by Crippen LogP contribution is 2.17. The van der Waals surface area contributed by atoms with Crippen LogP contribution in [0, 0.1) is 0 Å². The molecule has 2 aromatic rings. The molecule has 0 unspecified atom stereocenters. The molecule has 0 bridgehead atoms. The van der Waals surface area contributed by atoms with Crippen molar-refractivity contribution in [3.8, 4) is 5.75 Å². The van der Waals surface area contributed by atoms with E-state index in [0.29, 0.717) is 19.0 Å². The van der Waals surface area contributed by atoms with Crippen molar-refractivity contribution < 1.29 is 13.2 Å². The molecule has 2 aromatic carbocycles. The first kappa shape index (κ1) is 21.7. The minimum atomic E-state index is -3.38. The molecule has 0 spiro atoms. The maximum atomic E-state index is 12.2. The van der Waals surface area contributed by atoms with E-state index in [1.807, 2.05) is 61.5 Å². The van der Waals surface area contributed by atoms with Crippen LogP contribution in [0.25, 0.3) is 0 Å². The quantitative estimate of drug-likeness (QED) is 0.415. The fraction of sp³-hybridized carbons (Fsp3) is 0.350. The Balaban J connectivity index is 1.86. The lowest BCUT2D eigenvalue weighted by atomic mass is 10.2. The summed E-state index contributed by atoms with van der Waals surface area (Å²) in [4.78, 5) is 4.50. The second-order valence-electron chi connectivity index (χ2n) is 6.06. The molecule has 0 atom stereocenters. The number of hydrogen-bond acceptors (Lipinski definition) is 4. The summed E-state index contributed by atoms with van der Waals surface area (Å²) in [5.41, 5.74) is 1.88. The van der Waals surface area contributed by atoms with Crippen molar-refractivity contribution in [3.63, 3.8) is 0 Å². The van der Waals surface area contributed by atoms with Crippen molar-refractivity contribution in [2.45, 2.75) is 20.0 Å². The molecule has 0 radical (unpaired) electrons. The molecule has 0 fully saturated rings. The van der Waals surface area contributed by atoms with Crippen LogP contribution in [0.2, 0.25) is 0 Å². The van der Waals surface area contributed by atoms with Gasteiger partial charge in [0.15, 0.2) is 5.96 Å². The van der Waals surface area contributed by atoms with Gasteiger partial charge in [-0.3, -0.25) is 0 Å². The van der Waals surface area contributed by atoms with E-state index in [1.165, 1.54) is 0 Å². The highest BCUT2D eigenvalue weighted by Gasteiger charge is 2.10. The van der Waals surface area contributed by atoms with Crippen molar-refractivity contribution in [2.75, 3.05) is 26.0 Å². The summed E-state index contributed by atoms with van der Waals surface area (Å²) >= 11 is 0. The lowest BCUT2D eigenvalue weighted by molar-refractivity contribution is 0.410. The highest BCUT2D eigenvalue weighted by atomic mass is 32.2. The van der Waals surface area contributed by atoms with E-state index in [1.54, 1.807) is 7.11 Å². The van der Waals surface area contributed by atoms with Crippen molar-refractivity contribution >= 4 is 16.0 Å². The Labute approximate surface area is 167 Å². The number of rotatable bonds is 10. The van der Waals surface area contributed by atoms with Crippen LogP contribution in [0.1, 0.15) is 18.1 Å². The van der Waals surface area contributed by atoms with Gasteiger partial charge in [0.1, 0.15) is 5.75 Å². The van der Waals surface area contributed by atoms with E-state index >= 15 is 0 Å². The molecule has 7 nitrogen and oxygen atoms in total. The molecule has 3 N–H and O–H groups in total. The van der Waals surface area contributed by atoms with Gasteiger partial charge < -0.3 is 15.4 Å². The predicted molar refractivity (Wildman–Crippen MR) is 113 cm³/mol. The van der Waals surface area contributed by atoms with Crippen molar-refractivity contribution in [1.29, 1.82) is 0 Å². The standard InChI is InChI=1S/C20H28N4O3S/c1-3-21-20(23-16-18-11-7-8-12-19(18)27-2)22-13-14-28(25,26)24-15-17-9-5-4-6-10-17/h4-12,24H,3,13-16H2,1-2H3,(H2,21,22,23). The molecule has 0 aliphatic rings. The second-order valence-corrected chi connectivity index (χ2v) is 7.99. The lowest BCUT2D eigenvalue weighted by Crippen LogP contribution is -2.41. The number of ether oxygens (including phenoxy) is 1. The third-order valence-corrected chi connectivity index (χ3v) is 5.27. The van der Waals surface area contributed by atoms with Crippen LogP contribution in [0.15, 0.2) is 59.6 Å². The van der Waals surface area contributed by atoms with Gasteiger partial charge in [-0.15, -0.1) is 0 Å². The number of methoxy groups -OCH3 is 1. The van der Waals surface area contributed by atoms with Crippen molar-refractivity contribution in [2.24, 2.45) is 4.99 Å². The average molecular weight is 405 g/mol. The van der Waals surface area contributed by atoms with Crippen LogP contribution in [-0.2, 0) is 23.1 Å². The molecule has 2 rings (SSSR count). The maximum Gasteiger partial charge on any atom is 0.213 e. The Kier molecular flexibility index (Phi) is 8.77. The van der Waals surface area contributed by atoms with Gasteiger partial charge >= 0.3 is 0 Å². The van der Waals surface area contributed by atoms with Crippen molar-refractivity contribution in [3.05, 3.63) is 65.7 Å². The van der Waals surface area contributed by atoms with Gasteiger partial charge in [0, 0.05) is 25.2 Å². The first-order valence-corrected chi connectivity index (χ1v) is 10.8. The van der Waals surface area contributed by atoms with Crippen LogP contribution in [-0.4, -0.2) is 40.3 Å². The second kappa shape index (κ2) is 11.3. The minimum absolute atomic E-state index is 0.0428. The summed E-state index contributed by atoms with van der Waals surface area (Å²) in [6.07, 6.45) is 0. The number of sulfonamides is 1. The SMILES string of the molecule is CCNC(=NCc1ccccc1OC)NCCS(=O)(=O)NCc1ccccc1. The number of aliphatic imine (C=N–C) groups is 1. The smallest absolute Gasteiger partial charge is 0.213 e. The number of nitrogens with zero attached hydrogens (tertiary/aromatic N) is 1.